The van der Waals surface area contributed by atoms with E-state index in [2.05, 4.69) is 0 Å². The molecule has 17 heavy (non-hydrogen) atoms. The monoisotopic (exact) mass is 239 g/mol. The molecule has 0 aromatic carbocycles. The van der Waals surface area contributed by atoms with Crippen LogP contribution in [0.5, 0.6) is 0 Å². The molecule has 5 nitrogen and oxygen atoms in total. The zero-order valence-corrected chi connectivity index (χ0v) is 10.1. The second kappa shape index (κ2) is 8.48. The molecule has 94 valence electrons. The molecule has 1 N–H and O–H groups in total. The number of rotatable bonds is 7. The van der Waals surface area contributed by atoms with Crippen molar-refractivity contribution in [3.8, 4) is 6.07 Å². The van der Waals surface area contributed by atoms with Crippen molar-refractivity contribution < 1.29 is 19.4 Å². The number of unbranched alkanes of at least 4 members (excludes halogenated alkanes) is 2. The van der Waals surface area contributed by atoms with Crippen molar-refractivity contribution in [2.75, 3.05) is 6.61 Å². The van der Waals surface area contributed by atoms with Crippen LogP contribution in [0.2, 0.25) is 0 Å². The van der Waals surface area contributed by atoms with Crippen molar-refractivity contribution in [3.63, 3.8) is 0 Å². The lowest BCUT2D eigenvalue weighted by atomic mass is 10.2. The van der Waals surface area contributed by atoms with Crippen molar-refractivity contribution in [1.29, 1.82) is 5.26 Å². The molecule has 0 spiro atoms. The summed E-state index contributed by atoms with van der Waals surface area (Å²) in [6.07, 6.45) is 2.24. The fraction of sp³-hybridized carbons (Fsp3) is 0.583. The highest BCUT2D eigenvalue weighted by Gasteiger charge is 2.14. The number of nitrogens with zero attached hydrogens (tertiary/aromatic N) is 1. The van der Waals surface area contributed by atoms with E-state index >= 15 is 0 Å². The van der Waals surface area contributed by atoms with Crippen LogP contribution in [-0.4, -0.2) is 29.6 Å². The third kappa shape index (κ3) is 6.48. The number of ketones is 1. The van der Waals surface area contributed by atoms with E-state index in [4.69, 9.17) is 15.1 Å². The van der Waals surface area contributed by atoms with Gasteiger partial charge in [0.2, 0.25) is 0 Å². The number of aliphatic hydroxyl groups is 1. The van der Waals surface area contributed by atoms with Crippen molar-refractivity contribution in [1.82, 2.24) is 0 Å². The summed E-state index contributed by atoms with van der Waals surface area (Å²) in [6.45, 7) is 3.51. The van der Waals surface area contributed by atoms with Crippen LogP contribution in [0.15, 0.2) is 11.6 Å². The minimum atomic E-state index is -1.23. The number of hydrogen-bond donors (Lipinski definition) is 1. The zero-order valence-electron chi connectivity index (χ0n) is 10.1. The molecular formula is C12H17NO4. The van der Waals surface area contributed by atoms with Crippen molar-refractivity contribution in [2.24, 2.45) is 0 Å². The molecule has 0 fully saturated rings. The molecule has 0 rings (SSSR count). The van der Waals surface area contributed by atoms with Gasteiger partial charge >= 0.3 is 5.97 Å². The Morgan fingerprint density at radius 3 is 2.59 bits per heavy atom. The first kappa shape index (κ1) is 15.3. The van der Waals surface area contributed by atoms with Crippen molar-refractivity contribution >= 4 is 11.8 Å². The summed E-state index contributed by atoms with van der Waals surface area (Å²) in [5.41, 5.74) is -0.382. The maximum Gasteiger partial charge on any atom is 0.349 e. The zero-order chi connectivity index (χ0) is 13.3. The summed E-state index contributed by atoms with van der Waals surface area (Å²) in [5, 5.41) is 17.6. The molecule has 5 heteroatoms. The van der Waals surface area contributed by atoms with E-state index in [1.54, 1.807) is 6.07 Å². The van der Waals surface area contributed by atoms with Gasteiger partial charge in [-0.2, -0.15) is 5.26 Å². The van der Waals surface area contributed by atoms with Crippen LogP contribution < -0.4 is 0 Å². The minimum absolute atomic E-state index is 0.231. The first-order valence-electron chi connectivity index (χ1n) is 5.53. The predicted octanol–water partition coefficient (Wildman–Crippen LogP) is 1.12. The number of hydrogen-bond acceptors (Lipinski definition) is 5. The van der Waals surface area contributed by atoms with Crippen LogP contribution in [0, 0.1) is 11.3 Å². The van der Waals surface area contributed by atoms with Crippen LogP contribution in [0.25, 0.3) is 0 Å². The SMILES string of the molecule is CCCCCOC(=O)C(C#N)=CC(=O)C(C)O. The highest BCUT2D eigenvalue weighted by Crippen LogP contribution is 2.01. The Morgan fingerprint density at radius 1 is 1.47 bits per heavy atom. The fourth-order valence-corrected chi connectivity index (χ4v) is 0.994. The number of ether oxygens (including phenoxy) is 1. The van der Waals surface area contributed by atoms with Gasteiger partial charge < -0.3 is 9.84 Å². The molecule has 0 heterocycles. The van der Waals surface area contributed by atoms with Crippen LogP contribution >= 0.6 is 0 Å². The van der Waals surface area contributed by atoms with Gasteiger partial charge in [-0.1, -0.05) is 19.8 Å². The lowest BCUT2D eigenvalue weighted by molar-refractivity contribution is -0.139. The van der Waals surface area contributed by atoms with E-state index in [1.807, 2.05) is 6.92 Å². The highest BCUT2D eigenvalue weighted by atomic mass is 16.5. The summed E-state index contributed by atoms with van der Waals surface area (Å²) >= 11 is 0. The Bertz CT molecular complexity index is 339. The molecule has 0 aromatic rings. The number of nitriles is 1. The number of esters is 1. The normalized spacial score (nSPS) is 12.7. The standard InChI is InChI=1S/C12H17NO4/c1-3-4-5-6-17-12(16)10(8-13)7-11(15)9(2)14/h7,9,14H,3-6H2,1-2H3. The summed E-state index contributed by atoms with van der Waals surface area (Å²) in [4.78, 5) is 22.5. The second-order valence-corrected chi connectivity index (χ2v) is 3.59. The topological polar surface area (TPSA) is 87.4 Å². The third-order valence-corrected chi connectivity index (χ3v) is 2.02. The Hall–Kier alpha value is -1.67. The third-order valence-electron chi connectivity index (χ3n) is 2.02. The summed E-state index contributed by atoms with van der Waals surface area (Å²) in [7, 11) is 0. The van der Waals surface area contributed by atoms with E-state index in [1.165, 1.54) is 6.92 Å². The smallest absolute Gasteiger partial charge is 0.349 e. The summed E-state index contributed by atoms with van der Waals surface area (Å²) in [5.74, 6) is -1.51. The van der Waals surface area contributed by atoms with Crippen molar-refractivity contribution in [2.45, 2.75) is 39.2 Å². The first-order valence-corrected chi connectivity index (χ1v) is 5.53. The molecule has 0 bridgehead atoms. The van der Waals surface area contributed by atoms with Crippen LogP contribution in [-0.2, 0) is 14.3 Å². The number of carbonyl (C=O) groups excluding carboxylic acids is 2. The van der Waals surface area contributed by atoms with Gasteiger partial charge in [-0.25, -0.2) is 4.79 Å². The van der Waals surface area contributed by atoms with Gasteiger partial charge in [-0.15, -0.1) is 0 Å². The van der Waals surface area contributed by atoms with Crippen molar-refractivity contribution in [3.05, 3.63) is 11.6 Å². The lowest BCUT2D eigenvalue weighted by Crippen LogP contribution is -2.16. The van der Waals surface area contributed by atoms with E-state index in [9.17, 15) is 9.59 Å². The maximum atomic E-state index is 11.3. The number of carbonyl (C=O) groups is 2. The van der Waals surface area contributed by atoms with Gasteiger partial charge in [0.05, 0.1) is 6.61 Å². The van der Waals surface area contributed by atoms with Crippen LogP contribution in [0.4, 0.5) is 0 Å². The Kier molecular flexibility index (Phi) is 7.65. The van der Waals surface area contributed by atoms with Gasteiger partial charge in [0.25, 0.3) is 0 Å². The molecule has 0 aliphatic rings. The van der Waals surface area contributed by atoms with E-state index in [-0.39, 0.29) is 12.2 Å². The molecule has 0 amide bonds. The van der Waals surface area contributed by atoms with E-state index < -0.39 is 17.9 Å². The van der Waals surface area contributed by atoms with Crippen LogP contribution in [0.1, 0.15) is 33.1 Å². The lowest BCUT2D eigenvalue weighted by Gasteiger charge is -2.03. The first-order chi connectivity index (χ1) is 8.02. The molecule has 0 aromatic heterocycles. The minimum Gasteiger partial charge on any atom is -0.462 e. The Labute approximate surface area is 101 Å². The van der Waals surface area contributed by atoms with Gasteiger partial charge in [0.15, 0.2) is 5.78 Å². The maximum absolute atomic E-state index is 11.3. The highest BCUT2D eigenvalue weighted by molar-refractivity contribution is 6.03. The summed E-state index contributed by atoms with van der Waals surface area (Å²) < 4.78 is 4.81. The number of aliphatic hydroxyl groups excluding tert-OH is 1. The molecule has 1 unspecified atom stereocenters. The average Bonchev–Trinajstić information content (AvgIpc) is 2.30. The molecule has 0 saturated heterocycles. The fourth-order valence-electron chi connectivity index (χ4n) is 0.994. The van der Waals surface area contributed by atoms with E-state index in [0.717, 1.165) is 25.3 Å². The molecule has 0 aliphatic heterocycles. The molecule has 0 aliphatic carbocycles. The van der Waals surface area contributed by atoms with E-state index in [0.29, 0.717) is 0 Å². The second-order valence-electron chi connectivity index (χ2n) is 3.59. The summed E-state index contributed by atoms with van der Waals surface area (Å²) in [6, 6.07) is 1.58. The van der Waals surface area contributed by atoms with Gasteiger partial charge in [-0.3, -0.25) is 4.79 Å². The van der Waals surface area contributed by atoms with Gasteiger partial charge in [-0.05, 0) is 13.3 Å². The van der Waals surface area contributed by atoms with Crippen LogP contribution in [0.3, 0.4) is 0 Å². The van der Waals surface area contributed by atoms with Gasteiger partial charge in [0, 0.05) is 6.08 Å². The average molecular weight is 239 g/mol. The largest absolute Gasteiger partial charge is 0.462 e. The molecular weight excluding hydrogens is 222 g/mol. The van der Waals surface area contributed by atoms with Gasteiger partial charge in [0.1, 0.15) is 17.7 Å². The predicted molar refractivity (Wildman–Crippen MR) is 60.9 cm³/mol. The Morgan fingerprint density at radius 2 is 2.12 bits per heavy atom. The molecule has 1 atom stereocenters. The molecule has 0 radical (unpaired) electrons. The Balaban J connectivity index is 4.33. The molecule has 0 saturated carbocycles. The quantitative estimate of drug-likeness (QED) is 0.311.